The lowest BCUT2D eigenvalue weighted by Gasteiger charge is -2.14. The molecule has 2 aromatic rings. The maximum atomic E-state index is 12.5. The molecule has 0 atom stereocenters. The van der Waals surface area contributed by atoms with E-state index in [1.165, 1.54) is 16.7 Å². The largest absolute Gasteiger partial charge is 0.270 e. The number of rotatable bonds is 3. The van der Waals surface area contributed by atoms with Gasteiger partial charge in [-0.05, 0) is 29.8 Å². The number of hydrogen-bond acceptors (Lipinski definition) is 3. The van der Waals surface area contributed by atoms with Crippen LogP contribution in [0, 0.1) is 0 Å². The minimum atomic E-state index is -0.125. The molecule has 1 aliphatic heterocycles. The highest BCUT2D eigenvalue weighted by Gasteiger charge is 2.32. The van der Waals surface area contributed by atoms with Crippen LogP contribution < -0.4 is 4.90 Å². The highest BCUT2D eigenvalue weighted by atomic mass is 35.5. The normalized spacial score (nSPS) is 16.7. The van der Waals surface area contributed by atoms with Gasteiger partial charge in [0.25, 0.3) is 5.91 Å². The van der Waals surface area contributed by atoms with Crippen LogP contribution in [0.25, 0.3) is 6.08 Å². The predicted molar refractivity (Wildman–Crippen MR) is 103 cm³/mol. The number of nitrogens with zero attached hydrogens (tertiary/aromatic N) is 1. The summed E-state index contributed by atoms with van der Waals surface area (Å²) in [7, 11) is 0. The summed E-state index contributed by atoms with van der Waals surface area (Å²) in [4.78, 5) is 14.6. The van der Waals surface area contributed by atoms with Gasteiger partial charge < -0.3 is 0 Å². The van der Waals surface area contributed by atoms with Crippen molar-refractivity contribution in [2.24, 2.45) is 0 Å². The Hall–Kier alpha value is -1.88. The summed E-state index contributed by atoms with van der Waals surface area (Å²) < 4.78 is 0.511. The molecule has 0 radical (unpaired) electrons. The first-order valence-electron chi connectivity index (χ1n) is 6.90. The number of hydrogen-bond donors (Lipinski definition) is 0. The molecule has 0 bridgehead atoms. The van der Waals surface area contributed by atoms with Crippen molar-refractivity contribution in [3.63, 3.8) is 0 Å². The quantitative estimate of drug-likeness (QED) is 0.549. The molecule has 23 heavy (non-hydrogen) atoms. The van der Waals surface area contributed by atoms with Crippen LogP contribution in [0.3, 0.4) is 0 Å². The van der Waals surface area contributed by atoms with Gasteiger partial charge in [-0.2, -0.15) is 0 Å². The van der Waals surface area contributed by atoms with Crippen LogP contribution in [-0.4, -0.2) is 10.2 Å². The fraction of sp³-hybridized carbons (Fsp3) is 0. The van der Waals surface area contributed by atoms with Crippen LogP contribution in [0.2, 0.25) is 5.02 Å². The second-order valence-corrected chi connectivity index (χ2v) is 6.90. The third-order valence-electron chi connectivity index (χ3n) is 3.20. The Bertz CT molecular complexity index is 815. The zero-order chi connectivity index (χ0) is 16.2. The fourth-order valence-electron chi connectivity index (χ4n) is 2.13. The first kappa shape index (κ1) is 16.0. The van der Waals surface area contributed by atoms with Gasteiger partial charge in [-0.3, -0.25) is 9.69 Å². The number of benzene rings is 2. The summed E-state index contributed by atoms with van der Waals surface area (Å²) in [6.45, 7) is 0. The van der Waals surface area contributed by atoms with E-state index in [2.05, 4.69) is 0 Å². The number of anilines is 1. The maximum absolute atomic E-state index is 12.5. The molecule has 0 aromatic heterocycles. The Kier molecular flexibility index (Phi) is 4.96. The number of allylic oxidation sites excluding steroid dienone is 2. The summed E-state index contributed by atoms with van der Waals surface area (Å²) in [6, 6.07) is 17.0. The summed E-state index contributed by atoms with van der Waals surface area (Å²) >= 11 is 12.6. The number of carbonyl (C=O) groups is 1. The van der Waals surface area contributed by atoms with Crippen LogP contribution in [0.5, 0.6) is 0 Å². The number of carbonyl (C=O) groups excluding carboxylic acids is 1. The molecule has 0 unspecified atom stereocenters. The zero-order valence-corrected chi connectivity index (χ0v) is 14.4. The summed E-state index contributed by atoms with van der Waals surface area (Å²) in [5, 5.41) is 0.574. The summed E-state index contributed by atoms with van der Waals surface area (Å²) in [5.41, 5.74) is 1.77. The van der Waals surface area contributed by atoms with Gasteiger partial charge in [0.2, 0.25) is 0 Å². The first-order chi connectivity index (χ1) is 11.1. The summed E-state index contributed by atoms with van der Waals surface area (Å²) in [6.07, 6.45) is 5.60. The van der Waals surface area contributed by atoms with E-state index < -0.39 is 0 Å². The minimum Gasteiger partial charge on any atom is -0.268 e. The Morgan fingerprint density at radius 1 is 1.09 bits per heavy atom. The van der Waals surface area contributed by atoms with E-state index in [1.807, 2.05) is 48.6 Å². The Morgan fingerprint density at radius 3 is 2.61 bits per heavy atom. The smallest absolute Gasteiger partial charge is 0.268 e. The number of thiocarbonyl (C=S) groups is 1. The van der Waals surface area contributed by atoms with Crippen molar-refractivity contribution in [1.82, 2.24) is 0 Å². The molecule has 3 rings (SSSR count). The number of thioether (sulfide) groups is 1. The van der Waals surface area contributed by atoms with E-state index in [0.717, 1.165) is 5.56 Å². The summed E-state index contributed by atoms with van der Waals surface area (Å²) in [5.74, 6) is -0.125. The minimum absolute atomic E-state index is 0.125. The zero-order valence-electron chi connectivity index (χ0n) is 12.0. The van der Waals surface area contributed by atoms with Crippen molar-refractivity contribution in [2.75, 3.05) is 4.90 Å². The second kappa shape index (κ2) is 7.13. The van der Waals surface area contributed by atoms with Crippen molar-refractivity contribution in [3.05, 3.63) is 82.2 Å². The molecule has 2 aromatic carbocycles. The molecule has 1 saturated heterocycles. The van der Waals surface area contributed by atoms with Gasteiger partial charge in [0.05, 0.1) is 10.6 Å². The van der Waals surface area contributed by atoms with E-state index in [1.54, 1.807) is 24.3 Å². The van der Waals surface area contributed by atoms with Crippen molar-refractivity contribution in [1.29, 1.82) is 0 Å². The average Bonchev–Trinajstić information content (AvgIpc) is 2.82. The first-order valence-corrected chi connectivity index (χ1v) is 8.51. The molecule has 0 spiro atoms. The van der Waals surface area contributed by atoms with Gasteiger partial charge >= 0.3 is 0 Å². The van der Waals surface area contributed by atoms with E-state index >= 15 is 0 Å². The van der Waals surface area contributed by atoms with Gasteiger partial charge in [-0.25, -0.2) is 0 Å². The fourth-order valence-corrected chi connectivity index (χ4v) is 3.57. The van der Waals surface area contributed by atoms with E-state index in [9.17, 15) is 4.79 Å². The molecule has 0 saturated carbocycles. The average molecular weight is 358 g/mol. The molecule has 1 aliphatic rings. The topological polar surface area (TPSA) is 20.3 Å². The van der Waals surface area contributed by atoms with Gasteiger partial charge in [0.1, 0.15) is 0 Å². The van der Waals surface area contributed by atoms with Crippen molar-refractivity contribution in [3.8, 4) is 0 Å². The Morgan fingerprint density at radius 2 is 1.87 bits per heavy atom. The van der Waals surface area contributed by atoms with Crippen LogP contribution in [0.1, 0.15) is 5.56 Å². The van der Waals surface area contributed by atoms with Crippen molar-refractivity contribution < 1.29 is 4.79 Å². The molecule has 5 heteroatoms. The Balaban J connectivity index is 1.81. The standard InChI is InChI=1S/C18H12ClNOS2/c19-14-9-5-10-15(12-14)20-17(21)16(23-18(20)22)11-4-8-13-6-2-1-3-7-13/h1-12H/b8-4-,16-11-. The van der Waals surface area contributed by atoms with Gasteiger partial charge in [0, 0.05) is 5.02 Å². The van der Waals surface area contributed by atoms with Crippen LogP contribution >= 0.6 is 35.6 Å². The lowest BCUT2D eigenvalue weighted by molar-refractivity contribution is -0.113. The third kappa shape index (κ3) is 3.72. The third-order valence-corrected chi connectivity index (χ3v) is 4.75. The molecular formula is C18H12ClNOS2. The SMILES string of the molecule is O=C1/C(=C/C=C\c2ccccc2)SC(=S)N1c1cccc(Cl)c1. The molecule has 114 valence electrons. The highest BCUT2D eigenvalue weighted by molar-refractivity contribution is 8.27. The number of amides is 1. The molecular weight excluding hydrogens is 346 g/mol. The molecule has 1 heterocycles. The molecule has 1 fully saturated rings. The molecule has 1 amide bonds. The second-order valence-electron chi connectivity index (χ2n) is 4.79. The van der Waals surface area contributed by atoms with Crippen LogP contribution in [-0.2, 0) is 4.79 Å². The monoisotopic (exact) mass is 357 g/mol. The maximum Gasteiger partial charge on any atom is 0.270 e. The highest BCUT2D eigenvalue weighted by Crippen LogP contribution is 2.35. The van der Waals surface area contributed by atoms with E-state index in [4.69, 9.17) is 23.8 Å². The van der Waals surface area contributed by atoms with Gasteiger partial charge in [0.15, 0.2) is 4.32 Å². The van der Waals surface area contributed by atoms with Gasteiger partial charge in [-0.1, -0.05) is 84.1 Å². The van der Waals surface area contributed by atoms with Gasteiger partial charge in [-0.15, -0.1) is 0 Å². The Labute approximate surface area is 149 Å². The molecule has 0 aliphatic carbocycles. The lowest BCUT2D eigenvalue weighted by atomic mass is 10.2. The molecule has 2 nitrogen and oxygen atoms in total. The molecule has 0 N–H and O–H groups in total. The lowest BCUT2D eigenvalue weighted by Crippen LogP contribution is -2.27. The van der Waals surface area contributed by atoms with Crippen molar-refractivity contribution in [2.45, 2.75) is 0 Å². The van der Waals surface area contributed by atoms with Crippen molar-refractivity contribution >= 4 is 57.6 Å². The van der Waals surface area contributed by atoms with E-state index in [-0.39, 0.29) is 5.91 Å². The predicted octanol–water partition coefficient (Wildman–Crippen LogP) is 5.30. The number of halogens is 1. The van der Waals surface area contributed by atoms with E-state index in [0.29, 0.717) is 19.9 Å². The van der Waals surface area contributed by atoms with Crippen LogP contribution in [0.15, 0.2) is 71.7 Å². The van der Waals surface area contributed by atoms with Crippen LogP contribution in [0.4, 0.5) is 5.69 Å².